The Morgan fingerprint density at radius 1 is 0.903 bits per heavy atom. The van der Waals surface area contributed by atoms with Gasteiger partial charge in [0.25, 0.3) is 5.91 Å². The van der Waals surface area contributed by atoms with E-state index in [-0.39, 0.29) is 5.75 Å². The van der Waals surface area contributed by atoms with Crippen molar-refractivity contribution in [3.05, 3.63) is 96.2 Å². The van der Waals surface area contributed by atoms with E-state index in [1.54, 1.807) is 12.1 Å². The summed E-state index contributed by atoms with van der Waals surface area (Å²) in [7, 11) is 0. The number of aromatic amines is 1. The number of phenols is 1. The smallest absolute Gasteiger partial charge is 0.289 e. The Labute approximate surface area is 177 Å². The molecule has 0 spiro atoms. The number of carbonyl (C=O) groups excluding carboxylic acids is 1. The third kappa shape index (κ3) is 3.62. The lowest BCUT2D eigenvalue weighted by molar-refractivity contribution is 0.0950. The number of benzene rings is 4. The van der Waals surface area contributed by atoms with Gasteiger partial charge in [0.2, 0.25) is 0 Å². The van der Waals surface area contributed by atoms with Crippen LogP contribution in [0.1, 0.15) is 16.1 Å². The average Bonchev–Trinajstić information content (AvgIpc) is 3.31. The van der Waals surface area contributed by atoms with Crippen molar-refractivity contribution in [2.24, 2.45) is 5.10 Å². The number of hydrogen-bond donors (Lipinski definition) is 3. The molecular weight excluding hydrogens is 388 g/mol. The van der Waals surface area contributed by atoms with Gasteiger partial charge in [-0.3, -0.25) is 9.89 Å². The normalized spacial score (nSPS) is 11.4. The minimum atomic E-state index is -0.421. The Balaban J connectivity index is 1.35. The summed E-state index contributed by atoms with van der Waals surface area (Å²) in [6.07, 6.45) is 1.44. The molecule has 5 aromatic rings. The maximum Gasteiger partial charge on any atom is 0.289 e. The lowest BCUT2D eigenvalue weighted by atomic mass is 10.0. The number of carbonyl (C=O) groups is 1. The summed E-state index contributed by atoms with van der Waals surface area (Å²) >= 11 is 0. The van der Waals surface area contributed by atoms with E-state index in [9.17, 15) is 9.90 Å². The van der Waals surface area contributed by atoms with Crippen LogP contribution in [0.15, 0.2) is 90.0 Å². The largest absolute Gasteiger partial charge is 0.507 e. The van der Waals surface area contributed by atoms with Crippen LogP contribution in [0.5, 0.6) is 5.75 Å². The number of hydrazone groups is 1. The molecule has 0 aliphatic rings. The quantitative estimate of drug-likeness (QED) is 0.294. The van der Waals surface area contributed by atoms with Gasteiger partial charge in [-0.15, -0.1) is 0 Å². The molecule has 5 rings (SSSR count). The minimum Gasteiger partial charge on any atom is -0.507 e. The molecule has 3 N–H and O–H groups in total. The molecule has 150 valence electrons. The lowest BCUT2D eigenvalue weighted by Crippen LogP contribution is -2.18. The maximum absolute atomic E-state index is 12.5. The first-order valence-electron chi connectivity index (χ1n) is 9.78. The number of aromatic nitrogens is 2. The molecule has 0 radical (unpaired) electrons. The van der Waals surface area contributed by atoms with Crippen molar-refractivity contribution < 1.29 is 9.90 Å². The highest BCUT2D eigenvalue weighted by Gasteiger charge is 2.11. The van der Waals surface area contributed by atoms with Crippen LogP contribution in [0.4, 0.5) is 0 Å². The number of fused-ring (bicyclic) bond motifs is 2. The molecule has 31 heavy (non-hydrogen) atoms. The molecule has 0 saturated carbocycles. The molecule has 1 aromatic heterocycles. The van der Waals surface area contributed by atoms with Gasteiger partial charge < -0.3 is 5.11 Å². The Hall–Kier alpha value is -4.45. The first-order chi connectivity index (χ1) is 15.2. The number of rotatable bonds is 4. The summed E-state index contributed by atoms with van der Waals surface area (Å²) in [5.41, 5.74) is 4.91. The van der Waals surface area contributed by atoms with Crippen LogP contribution in [-0.2, 0) is 0 Å². The Kier molecular flexibility index (Phi) is 4.65. The Morgan fingerprint density at radius 3 is 2.52 bits per heavy atom. The molecule has 1 amide bonds. The van der Waals surface area contributed by atoms with Crippen LogP contribution in [0.3, 0.4) is 0 Å². The summed E-state index contributed by atoms with van der Waals surface area (Å²) in [5.74, 6) is -0.327. The average molecular weight is 406 g/mol. The van der Waals surface area contributed by atoms with Gasteiger partial charge in [-0.25, -0.2) is 5.43 Å². The Morgan fingerprint density at radius 2 is 1.65 bits per heavy atom. The van der Waals surface area contributed by atoms with Crippen molar-refractivity contribution >= 4 is 33.7 Å². The molecule has 4 aromatic carbocycles. The predicted molar refractivity (Wildman–Crippen MR) is 122 cm³/mol. The monoisotopic (exact) mass is 406 g/mol. The van der Waals surface area contributed by atoms with E-state index in [2.05, 4.69) is 20.7 Å². The predicted octanol–water partition coefficient (Wildman–Crippen LogP) is 4.85. The van der Waals surface area contributed by atoms with Gasteiger partial charge in [0, 0.05) is 11.1 Å². The van der Waals surface area contributed by atoms with Gasteiger partial charge in [-0.05, 0) is 39.7 Å². The molecule has 0 fully saturated rings. The molecule has 0 atom stereocenters. The van der Waals surface area contributed by atoms with Crippen molar-refractivity contribution in [3.63, 3.8) is 0 Å². The van der Waals surface area contributed by atoms with E-state index in [1.165, 1.54) is 6.21 Å². The van der Waals surface area contributed by atoms with Crippen LogP contribution >= 0.6 is 0 Å². The van der Waals surface area contributed by atoms with Crippen LogP contribution in [0.25, 0.3) is 32.8 Å². The molecule has 0 aliphatic carbocycles. The van der Waals surface area contributed by atoms with E-state index in [4.69, 9.17) is 0 Å². The summed E-state index contributed by atoms with van der Waals surface area (Å²) in [6, 6.07) is 26.9. The number of amides is 1. The molecule has 6 heteroatoms. The first-order valence-corrected chi connectivity index (χ1v) is 9.78. The van der Waals surface area contributed by atoms with Gasteiger partial charge in [0.05, 0.1) is 11.9 Å². The van der Waals surface area contributed by atoms with Gasteiger partial charge in [-0.1, -0.05) is 66.7 Å². The van der Waals surface area contributed by atoms with E-state index in [0.717, 1.165) is 27.1 Å². The first kappa shape index (κ1) is 18.6. The zero-order valence-electron chi connectivity index (χ0n) is 16.4. The van der Waals surface area contributed by atoms with E-state index >= 15 is 0 Å². The Bertz CT molecular complexity index is 1450. The van der Waals surface area contributed by atoms with Crippen LogP contribution in [0.2, 0.25) is 0 Å². The summed E-state index contributed by atoms with van der Waals surface area (Å²) in [5, 5.41) is 25.3. The molecule has 1 heterocycles. The topological polar surface area (TPSA) is 90.4 Å². The van der Waals surface area contributed by atoms with E-state index in [0.29, 0.717) is 17.0 Å². The number of H-pyrrole nitrogens is 1. The third-order valence-corrected chi connectivity index (χ3v) is 5.18. The van der Waals surface area contributed by atoms with Crippen molar-refractivity contribution in [2.45, 2.75) is 0 Å². The summed E-state index contributed by atoms with van der Waals surface area (Å²) < 4.78 is 0. The number of hydrogen-bond acceptors (Lipinski definition) is 4. The second-order valence-corrected chi connectivity index (χ2v) is 7.15. The number of nitrogens with one attached hydrogen (secondary N) is 2. The highest BCUT2D eigenvalue weighted by Crippen LogP contribution is 2.26. The molecule has 0 unspecified atom stereocenters. The van der Waals surface area contributed by atoms with E-state index in [1.807, 2.05) is 72.8 Å². The standard InChI is InChI=1S/C25H18N4O2/c30-24-12-11-17-6-3-4-8-20(17)21(24)15-26-29-25(31)23-14-22(27-28-23)19-10-9-16-5-1-2-7-18(16)13-19/h1-15,30H,(H,27,28)(H,29,31). The van der Waals surface area contributed by atoms with E-state index < -0.39 is 5.91 Å². The van der Waals surface area contributed by atoms with Gasteiger partial charge >= 0.3 is 0 Å². The van der Waals surface area contributed by atoms with Gasteiger partial charge in [-0.2, -0.15) is 10.2 Å². The van der Waals surface area contributed by atoms with Gasteiger partial charge in [0.1, 0.15) is 11.4 Å². The number of nitrogens with zero attached hydrogens (tertiary/aromatic N) is 2. The molecule has 0 bridgehead atoms. The van der Waals surface area contributed by atoms with Crippen LogP contribution in [0, 0.1) is 0 Å². The third-order valence-electron chi connectivity index (χ3n) is 5.18. The van der Waals surface area contributed by atoms with Crippen molar-refractivity contribution in [1.82, 2.24) is 15.6 Å². The number of phenolic OH excluding ortho intramolecular Hbond substituents is 1. The fraction of sp³-hybridized carbons (Fsp3) is 0. The fourth-order valence-electron chi connectivity index (χ4n) is 3.57. The highest BCUT2D eigenvalue weighted by molar-refractivity contribution is 6.03. The van der Waals surface area contributed by atoms with Crippen molar-refractivity contribution in [3.8, 4) is 17.0 Å². The zero-order chi connectivity index (χ0) is 21.2. The molecular formula is C25H18N4O2. The molecule has 0 saturated heterocycles. The minimum absolute atomic E-state index is 0.0943. The second-order valence-electron chi connectivity index (χ2n) is 7.15. The van der Waals surface area contributed by atoms with Crippen LogP contribution < -0.4 is 5.43 Å². The fourth-order valence-corrected chi connectivity index (χ4v) is 3.57. The zero-order valence-corrected chi connectivity index (χ0v) is 16.4. The molecule has 0 aliphatic heterocycles. The summed E-state index contributed by atoms with van der Waals surface area (Å²) in [6.45, 7) is 0. The second kappa shape index (κ2) is 7.76. The van der Waals surface area contributed by atoms with Crippen molar-refractivity contribution in [2.75, 3.05) is 0 Å². The van der Waals surface area contributed by atoms with Crippen molar-refractivity contribution in [1.29, 1.82) is 0 Å². The number of aromatic hydroxyl groups is 1. The summed E-state index contributed by atoms with van der Waals surface area (Å²) in [4.78, 5) is 12.5. The van der Waals surface area contributed by atoms with Gasteiger partial charge in [0.15, 0.2) is 0 Å². The molecule has 6 nitrogen and oxygen atoms in total. The lowest BCUT2D eigenvalue weighted by Gasteiger charge is -2.04. The van der Waals surface area contributed by atoms with Crippen LogP contribution in [-0.4, -0.2) is 27.4 Å². The maximum atomic E-state index is 12.5. The highest BCUT2D eigenvalue weighted by atomic mass is 16.3. The SMILES string of the molecule is O=C(NN=Cc1c(O)ccc2ccccc12)c1cc(-c2ccc3ccccc3c2)n[nH]1.